The lowest BCUT2D eigenvalue weighted by Gasteiger charge is -2.27. The van der Waals surface area contributed by atoms with Gasteiger partial charge in [0.25, 0.3) is 0 Å². The average molecular weight is 896 g/mol. The van der Waals surface area contributed by atoms with Gasteiger partial charge in [-0.1, -0.05) is 20.8 Å². The number of amides is 11. The molecule has 63 heavy (non-hydrogen) atoms. The number of rotatable bonds is 25. The van der Waals surface area contributed by atoms with Gasteiger partial charge < -0.3 is 54.3 Å². The topological polar surface area (TPSA) is 249 Å². The molecule has 0 aliphatic rings. The summed E-state index contributed by atoms with van der Waals surface area (Å²) in [6, 6.07) is -0.730. The maximum absolute atomic E-state index is 12.9. The third-order valence-corrected chi connectivity index (χ3v) is 9.83. The number of Topliss-reactive ketones (excluding diaryl/α,β-unsaturated/α-hetero) is 1. The third kappa shape index (κ3) is 20.5. The number of ketones is 1. The Morgan fingerprint density at radius 2 is 0.524 bits per heavy atom. The van der Waals surface area contributed by atoms with Crippen molar-refractivity contribution in [3.8, 4) is 0 Å². The number of hydrogen-bond acceptors (Lipinski definition) is 12. The first kappa shape index (κ1) is 56.8. The molecule has 0 rings (SSSR count). The molecule has 0 bridgehead atoms. The van der Waals surface area contributed by atoms with Crippen LogP contribution < -0.4 is 5.32 Å². The van der Waals surface area contributed by atoms with Gasteiger partial charge in [0.05, 0.1) is 71.5 Å². The molecule has 11 amide bonds. The highest BCUT2D eigenvalue weighted by molar-refractivity contribution is 5.95. The highest BCUT2D eigenvalue weighted by Crippen LogP contribution is 2.03. The lowest BCUT2D eigenvalue weighted by atomic mass is 10.0. The zero-order valence-electron chi connectivity index (χ0n) is 39.5. The Morgan fingerprint density at radius 3 is 0.714 bits per heavy atom. The maximum atomic E-state index is 12.9. The van der Waals surface area contributed by atoms with Crippen molar-refractivity contribution < 1.29 is 57.5 Å². The third-order valence-electron chi connectivity index (χ3n) is 9.83. The zero-order chi connectivity index (χ0) is 49.0. The second kappa shape index (κ2) is 27.0. The molecule has 1 atom stereocenters. The second-order valence-corrected chi connectivity index (χ2v) is 16.1. The molecule has 0 heterocycles. The van der Waals surface area contributed by atoms with Crippen LogP contribution in [0.3, 0.4) is 0 Å². The van der Waals surface area contributed by atoms with Gasteiger partial charge in [0.1, 0.15) is 0 Å². The van der Waals surface area contributed by atoms with Gasteiger partial charge in [-0.25, -0.2) is 0 Å². The van der Waals surface area contributed by atoms with E-state index in [1.807, 2.05) is 6.92 Å². The summed E-state index contributed by atoms with van der Waals surface area (Å²) in [5.74, 6) is -6.44. The Labute approximate surface area is 370 Å². The molecular weight excluding hydrogens is 827 g/mol. The van der Waals surface area contributed by atoms with Crippen LogP contribution in [0.15, 0.2) is 0 Å². The van der Waals surface area contributed by atoms with Gasteiger partial charge in [0.2, 0.25) is 65.0 Å². The first-order chi connectivity index (χ1) is 29.0. The first-order valence-corrected chi connectivity index (χ1v) is 20.3. The summed E-state index contributed by atoms with van der Waals surface area (Å²) in [5.41, 5.74) is 0. The molecule has 356 valence electrons. The molecular formula is C40H69N11O12. The fourth-order valence-electron chi connectivity index (χ4n) is 5.27. The Morgan fingerprint density at radius 1 is 0.333 bits per heavy atom. The predicted molar refractivity (Wildman–Crippen MR) is 229 cm³/mol. The van der Waals surface area contributed by atoms with Gasteiger partial charge in [-0.15, -0.1) is 0 Å². The van der Waals surface area contributed by atoms with Crippen molar-refractivity contribution in [2.75, 3.05) is 136 Å². The molecule has 0 spiro atoms. The fourth-order valence-corrected chi connectivity index (χ4v) is 5.27. The average Bonchev–Trinajstić information content (AvgIpc) is 3.19. The van der Waals surface area contributed by atoms with Crippen LogP contribution in [0.5, 0.6) is 0 Å². The van der Waals surface area contributed by atoms with E-state index in [9.17, 15) is 57.5 Å². The molecule has 0 radical (unpaired) electrons. The molecule has 0 aromatic rings. The SMILES string of the molecule is CCCC(=O)N(C)CC(=O)N(C)CC(=O)N(C)CC(=O)N(C)CC(=O)N(C)CC(=O)N(C)CC(=O)N(C)CC(=O)N(C)CC(=O)N(C)CC(=O)N(C)CC(=O)N[C@H](C)C(=O)C(C)C. The van der Waals surface area contributed by atoms with Crippen LogP contribution >= 0.6 is 0 Å². The summed E-state index contributed by atoms with van der Waals surface area (Å²) >= 11 is 0. The lowest BCUT2D eigenvalue weighted by molar-refractivity contribution is -0.146. The number of nitrogens with zero attached hydrogens (tertiary/aromatic N) is 10. The Hall–Kier alpha value is -6.16. The van der Waals surface area contributed by atoms with Crippen LogP contribution in [0.25, 0.3) is 0 Å². The molecule has 0 aliphatic heterocycles. The van der Waals surface area contributed by atoms with Crippen molar-refractivity contribution in [2.24, 2.45) is 5.92 Å². The van der Waals surface area contributed by atoms with E-state index in [2.05, 4.69) is 5.32 Å². The highest BCUT2D eigenvalue weighted by atomic mass is 16.2. The Kier molecular flexibility index (Phi) is 24.4. The second-order valence-electron chi connectivity index (χ2n) is 16.1. The molecule has 0 aromatic heterocycles. The van der Waals surface area contributed by atoms with Gasteiger partial charge in [-0.05, 0) is 13.3 Å². The Balaban J connectivity index is 4.91. The van der Waals surface area contributed by atoms with Crippen molar-refractivity contribution in [1.29, 1.82) is 0 Å². The van der Waals surface area contributed by atoms with E-state index in [1.165, 1.54) is 75.4 Å². The zero-order valence-corrected chi connectivity index (χ0v) is 39.5. The number of likely N-dealkylation sites (N-methyl/N-ethyl adjacent to an activating group) is 10. The molecule has 0 saturated heterocycles. The van der Waals surface area contributed by atoms with Crippen LogP contribution in [-0.4, -0.2) is 262 Å². The first-order valence-electron chi connectivity index (χ1n) is 20.3. The summed E-state index contributed by atoms with van der Waals surface area (Å²) in [6.07, 6.45) is 0.916. The molecule has 1 N–H and O–H groups in total. The molecule has 23 nitrogen and oxygen atoms in total. The Bertz CT molecular complexity index is 1710. The number of carbonyl (C=O) groups excluding carboxylic acids is 12. The van der Waals surface area contributed by atoms with Gasteiger partial charge in [0.15, 0.2) is 5.78 Å². The molecule has 0 aromatic carbocycles. The van der Waals surface area contributed by atoms with Crippen molar-refractivity contribution in [1.82, 2.24) is 54.3 Å². The van der Waals surface area contributed by atoms with E-state index in [0.29, 0.717) is 6.42 Å². The minimum absolute atomic E-state index is 0.161. The number of carbonyl (C=O) groups is 12. The van der Waals surface area contributed by atoms with E-state index < -0.39 is 111 Å². The van der Waals surface area contributed by atoms with Crippen LogP contribution in [0, 0.1) is 5.92 Å². The van der Waals surface area contributed by atoms with Crippen LogP contribution in [0.2, 0.25) is 0 Å². The van der Waals surface area contributed by atoms with E-state index >= 15 is 0 Å². The van der Waals surface area contributed by atoms with Crippen LogP contribution in [-0.2, 0) is 57.5 Å². The van der Waals surface area contributed by atoms with Crippen molar-refractivity contribution in [2.45, 2.75) is 46.6 Å². The quantitative estimate of drug-likeness (QED) is 0.0925. The normalized spacial score (nSPS) is 11.0. The van der Waals surface area contributed by atoms with E-state index in [0.717, 1.165) is 44.1 Å². The molecule has 0 saturated carbocycles. The molecule has 0 aliphatic carbocycles. The van der Waals surface area contributed by atoms with Crippen molar-refractivity contribution >= 4 is 70.8 Å². The van der Waals surface area contributed by atoms with Crippen molar-refractivity contribution in [3.05, 3.63) is 0 Å². The molecule has 23 heteroatoms. The fraction of sp³-hybridized carbons (Fsp3) is 0.700. The summed E-state index contributed by atoms with van der Waals surface area (Å²) < 4.78 is 0. The summed E-state index contributed by atoms with van der Waals surface area (Å²) in [4.78, 5) is 162. The summed E-state index contributed by atoms with van der Waals surface area (Å²) in [5, 5.41) is 2.54. The minimum Gasteiger partial charge on any atom is -0.345 e. The lowest BCUT2D eigenvalue weighted by Crippen LogP contribution is -2.49. The highest BCUT2D eigenvalue weighted by Gasteiger charge is 2.27. The van der Waals surface area contributed by atoms with Gasteiger partial charge in [0, 0.05) is 82.8 Å². The molecule has 0 unspecified atom stereocenters. The van der Waals surface area contributed by atoms with E-state index in [4.69, 9.17) is 0 Å². The summed E-state index contributed by atoms with van der Waals surface area (Å²) in [6.45, 7) is 2.89. The summed E-state index contributed by atoms with van der Waals surface area (Å²) in [7, 11) is 13.6. The van der Waals surface area contributed by atoms with E-state index in [1.54, 1.807) is 20.8 Å². The number of hydrogen-bond donors (Lipinski definition) is 1. The van der Waals surface area contributed by atoms with Crippen LogP contribution in [0.1, 0.15) is 40.5 Å². The van der Waals surface area contributed by atoms with Gasteiger partial charge >= 0.3 is 0 Å². The largest absolute Gasteiger partial charge is 0.345 e. The smallest absolute Gasteiger partial charge is 0.242 e. The van der Waals surface area contributed by atoms with Crippen LogP contribution in [0.4, 0.5) is 0 Å². The monoisotopic (exact) mass is 896 g/mol. The number of nitrogens with one attached hydrogen (secondary N) is 1. The molecule has 0 fully saturated rings. The minimum atomic E-state index is -0.730. The van der Waals surface area contributed by atoms with Crippen molar-refractivity contribution in [3.63, 3.8) is 0 Å². The standard InChI is InChI=1S/C40H69N11O12/c1-15-16-30(53)43(6)18-32(55)45(8)20-34(57)47(10)22-36(59)49(12)24-38(61)51(14)26-39(62)50(13)25-37(60)48(11)23-35(58)46(9)21-33(56)44(7)19-31(54)42(5)17-29(52)41-28(4)40(63)27(2)3/h27-28H,15-26H2,1-14H3,(H,41,52)/t28-/m1/s1. The maximum Gasteiger partial charge on any atom is 0.242 e. The van der Waals surface area contributed by atoms with Gasteiger partial charge in [-0.2, -0.15) is 0 Å². The predicted octanol–water partition coefficient (Wildman–Crippen LogP) is -3.90. The van der Waals surface area contributed by atoms with Gasteiger partial charge in [-0.3, -0.25) is 57.5 Å². The van der Waals surface area contributed by atoms with E-state index in [-0.39, 0.29) is 43.7 Å².